The van der Waals surface area contributed by atoms with Crippen LogP contribution in [0.5, 0.6) is 0 Å². The zero-order valence-corrected chi connectivity index (χ0v) is 15.9. The van der Waals surface area contributed by atoms with Gasteiger partial charge in [0.05, 0.1) is 6.26 Å². The first-order chi connectivity index (χ1) is 13.7. The number of hydrogen-bond acceptors (Lipinski definition) is 5. The molecule has 1 fully saturated rings. The van der Waals surface area contributed by atoms with Crippen molar-refractivity contribution in [3.8, 4) is 10.8 Å². The highest BCUT2D eigenvalue weighted by Crippen LogP contribution is 2.24. The van der Waals surface area contributed by atoms with Gasteiger partial charge in [-0.2, -0.15) is 0 Å². The Labute approximate surface area is 166 Å². The summed E-state index contributed by atoms with van der Waals surface area (Å²) < 4.78 is 5.31. The molecule has 0 bridgehead atoms. The van der Waals surface area contributed by atoms with Crippen LogP contribution in [0.1, 0.15) is 23.3 Å². The molecular formula is C20H20N4O3S. The van der Waals surface area contributed by atoms with Gasteiger partial charge in [-0.25, -0.2) is 9.78 Å². The minimum Gasteiger partial charge on any atom is -0.462 e. The first-order valence-electron chi connectivity index (χ1n) is 9.10. The van der Waals surface area contributed by atoms with Crippen molar-refractivity contribution >= 4 is 29.0 Å². The van der Waals surface area contributed by atoms with Crippen molar-refractivity contribution in [1.29, 1.82) is 0 Å². The monoisotopic (exact) mass is 396 g/mol. The third-order valence-electron chi connectivity index (χ3n) is 4.61. The van der Waals surface area contributed by atoms with Gasteiger partial charge in [0.1, 0.15) is 5.69 Å². The maximum absolute atomic E-state index is 12.5. The number of aromatic nitrogens is 1. The van der Waals surface area contributed by atoms with Gasteiger partial charge >= 0.3 is 6.03 Å². The molecular weight excluding hydrogens is 376 g/mol. The lowest BCUT2D eigenvalue weighted by molar-refractivity contribution is 0.0915. The van der Waals surface area contributed by atoms with E-state index in [2.05, 4.69) is 15.6 Å². The van der Waals surface area contributed by atoms with Crippen LogP contribution in [0.2, 0.25) is 0 Å². The summed E-state index contributed by atoms with van der Waals surface area (Å²) in [5, 5.41) is 8.33. The van der Waals surface area contributed by atoms with Crippen LogP contribution in [0.25, 0.3) is 10.8 Å². The average Bonchev–Trinajstić information content (AvgIpc) is 3.41. The molecule has 2 N–H and O–H groups in total. The Morgan fingerprint density at radius 3 is 2.61 bits per heavy atom. The molecule has 0 aliphatic carbocycles. The maximum atomic E-state index is 12.5. The predicted molar refractivity (Wildman–Crippen MR) is 107 cm³/mol. The van der Waals surface area contributed by atoms with Crippen LogP contribution in [-0.2, 0) is 0 Å². The second-order valence-corrected chi connectivity index (χ2v) is 7.40. The number of carbonyl (C=O) groups is 2. The standard InChI is InChI=1S/C20H20N4O3S/c25-18(16-13-28-19(23-16)17-7-4-12-27-17)21-15-8-10-24(11-9-15)20(26)22-14-5-2-1-3-6-14/h1-7,12-13,15H,8-11H2,(H,21,25)(H,22,26). The number of carbonyl (C=O) groups excluding carboxylic acids is 2. The van der Waals surface area contributed by atoms with Gasteiger partial charge in [-0.05, 0) is 37.1 Å². The molecule has 0 atom stereocenters. The summed E-state index contributed by atoms with van der Waals surface area (Å²) in [6.07, 6.45) is 3.00. The third kappa shape index (κ3) is 4.23. The summed E-state index contributed by atoms with van der Waals surface area (Å²) in [5.74, 6) is 0.461. The lowest BCUT2D eigenvalue weighted by Crippen LogP contribution is -2.47. The molecule has 4 rings (SSSR count). The molecule has 3 amide bonds. The molecule has 0 unspecified atom stereocenters. The van der Waals surface area contributed by atoms with E-state index < -0.39 is 0 Å². The van der Waals surface area contributed by atoms with E-state index in [0.29, 0.717) is 42.4 Å². The van der Waals surface area contributed by atoms with E-state index in [4.69, 9.17) is 4.42 Å². The Hall–Kier alpha value is -3.13. The number of benzene rings is 1. The van der Waals surface area contributed by atoms with Gasteiger partial charge in [-0.15, -0.1) is 11.3 Å². The van der Waals surface area contributed by atoms with Crippen LogP contribution in [0, 0.1) is 0 Å². The van der Waals surface area contributed by atoms with Gasteiger partial charge in [0.2, 0.25) is 0 Å². The van der Waals surface area contributed by atoms with Crippen molar-refractivity contribution in [3.63, 3.8) is 0 Å². The summed E-state index contributed by atoms with van der Waals surface area (Å²) in [6.45, 7) is 1.19. The number of nitrogens with one attached hydrogen (secondary N) is 2. The number of hydrogen-bond donors (Lipinski definition) is 2. The molecule has 0 saturated carbocycles. The molecule has 2 aromatic heterocycles. The van der Waals surface area contributed by atoms with E-state index >= 15 is 0 Å². The SMILES string of the molecule is O=C(NC1CCN(C(=O)Nc2ccccc2)CC1)c1csc(-c2ccco2)n1. The number of urea groups is 1. The number of amides is 3. The fraction of sp³-hybridized carbons (Fsp3) is 0.250. The molecule has 144 valence electrons. The predicted octanol–water partition coefficient (Wildman–Crippen LogP) is 3.83. The quantitative estimate of drug-likeness (QED) is 0.702. The summed E-state index contributed by atoms with van der Waals surface area (Å²) in [7, 11) is 0. The van der Waals surface area contributed by atoms with Gasteiger partial charge in [0.15, 0.2) is 10.8 Å². The Kier molecular flexibility index (Phi) is 5.38. The molecule has 3 heterocycles. The molecule has 8 heteroatoms. The van der Waals surface area contributed by atoms with E-state index in [9.17, 15) is 9.59 Å². The first-order valence-corrected chi connectivity index (χ1v) is 9.98. The number of rotatable bonds is 4. The Bertz CT molecular complexity index is 932. The van der Waals surface area contributed by atoms with Crippen molar-refractivity contribution in [2.75, 3.05) is 18.4 Å². The van der Waals surface area contributed by atoms with E-state index in [1.165, 1.54) is 11.3 Å². The Morgan fingerprint density at radius 1 is 1.11 bits per heavy atom. The second-order valence-electron chi connectivity index (χ2n) is 6.55. The van der Waals surface area contributed by atoms with Gasteiger partial charge < -0.3 is 20.0 Å². The molecule has 28 heavy (non-hydrogen) atoms. The molecule has 3 aromatic rings. The molecule has 1 aliphatic rings. The molecule has 1 aromatic carbocycles. The van der Waals surface area contributed by atoms with Gasteiger partial charge in [-0.3, -0.25) is 4.79 Å². The molecule has 7 nitrogen and oxygen atoms in total. The largest absolute Gasteiger partial charge is 0.462 e. The van der Waals surface area contributed by atoms with Crippen LogP contribution in [0.4, 0.5) is 10.5 Å². The van der Waals surface area contributed by atoms with Crippen LogP contribution in [0.15, 0.2) is 58.5 Å². The average molecular weight is 396 g/mol. The van der Waals surface area contributed by atoms with Crippen molar-refractivity contribution in [1.82, 2.24) is 15.2 Å². The van der Waals surface area contributed by atoms with Crippen molar-refractivity contribution in [3.05, 3.63) is 59.8 Å². The Morgan fingerprint density at radius 2 is 1.89 bits per heavy atom. The zero-order chi connectivity index (χ0) is 19.3. The van der Waals surface area contributed by atoms with Crippen molar-refractivity contribution < 1.29 is 14.0 Å². The van der Waals surface area contributed by atoms with Crippen LogP contribution >= 0.6 is 11.3 Å². The van der Waals surface area contributed by atoms with Gasteiger partial charge in [0.25, 0.3) is 5.91 Å². The van der Waals surface area contributed by atoms with Crippen molar-refractivity contribution in [2.24, 2.45) is 0 Å². The Balaban J connectivity index is 1.27. The highest BCUT2D eigenvalue weighted by atomic mass is 32.1. The smallest absolute Gasteiger partial charge is 0.321 e. The van der Waals surface area contributed by atoms with Crippen molar-refractivity contribution in [2.45, 2.75) is 18.9 Å². The molecule has 0 radical (unpaired) electrons. The van der Waals surface area contributed by atoms with Crippen LogP contribution in [0.3, 0.4) is 0 Å². The van der Waals surface area contributed by atoms with Crippen LogP contribution in [-0.4, -0.2) is 41.0 Å². The molecule has 1 saturated heterocycles. The second kappa shape index (κ2) is 8.26. The number of thiazole rings is 1. The first kappa shape index (κ1) is 18.2. The fourth-order valence-corrected chi connectivity index (χ4v) is 3.87. The lowest BCUT2D eigenvalue weighted by Gasteiger charge is -2.32. The molecule has 0 spiro atoms. The van der Waals surface area contributed by atoms with Crippen LogP contribution < -0.4 is 10.6 Å². The minimum atomic E-state index is -0.193. The summed E-state index contributed by atoms with van der Waals surface area (Å²) in [4.78, 5) is 30.9. The highest BCUT2D eigenvalue weighted by Gasteiger charge is 2.25. The topological polar surface area (TPSA) is 87.5 Å². The number of piperidine rings is 1. The maximum Gasteiger partial charge on any atom is 0.321 e. The molecule has 1 aliphatic heterocycles. The number of nitrogens with zero attached hydrogens (tertiary/aromatic N) is 2. The number of furan rings is 1. The third-order valence-corrected chi connectivity index (χ3v) is 5.47. The zero-order valence-electron chi connectivity index (χ0n) is 15.1. The summed E-state index contributed by atoms with van der Waals surface area (Å²) >= 11 is 1.38. The highest BCUT2D eigenvalue weighted by molar-refractivity contribution is 7.13. The van der Waals surface area contributed by atoms with E-state index in [0.717, 1.165) is 5.69 Å². The minimum absolute atomic E-state index is 0.0297. The number of para-hydroxylation sites is 1. The summed E-state index contributed by atoms with van der Waals surface area (Å²) in [5.41, 5.74) is 1.17. The normalized spacial score (nSPS) is 14.6. The van der Waals surface area contributed by atoms with Gasteiger partial charge in [0, 0.05) is 30.2 Å². The lowest BCUT2D eigenvalue weighted by atomic mass is 10.1. The van der Waals surface area contributed by atoms with E-state index in [-0.39, 0.29) is 18.0 Å². The number of anilines is 1. The number of likely N-dealkylation sites (tertiary alicyclic amines) is 1. The fourth-order valence-electron chi connectivity index (χ4n) is 3.10. The van der Waals surface area contributed by atoms with E-state index in [1.807, 2.05) is 36.4 Å². The van der Waals surface area contributed by atoms with Gasteiger partial charge in [-0.1, -0.05) is 18.2 Å². The summed E-state index contributed by atoms with van der Waals surface area (Å²) in [6, 6.07) is 12.9. The van der Waals surface area contributed by atoms with E-state index in [1.54, 1.807) is 22.6 Å².